The van der Waals surface area contributed by atoms with Crippen LogP contribution in [0.15, 0.2) is 47.4 Å². The number of anilines is 1. The van der Waals surface area contributed by atoms with Crippen molar-refractivity contribution in [1.82, 2.24) is 0 Å². The summed E-state index contributed by atoms with van der Waals surface area (Å²) in [5.41, 5.74) is 0.140. The Bertz CT molecular complexity index is 977. The molecule has 27 heavy (non-hydrogen) atoms. The molecule has 0 heterocycles. The molecule has 0 atom stereocenters. The van der Waals surface area contributed by atoms with Crippen LogP contribution in [0.2, 0.25) is 5.02 Å². The highest BCUT2D eigenvalue weighted by molar-refractivity contribution is 7.93. The van der Waals surface area contributed by atoms with Crippen LogP contribution in [0.25, 0.3) is 0 Å². The number of aryl methyl sites for hydroxylation is 1. The van der Waals surface area contributed by atoms with Gasteiger partial charge in [0.15, 0.2) is 4.90 Å². The first kappa shape index (κ1) is 20.7. The molecule has 10 heteroatoms. The molecule has 0 aliphatic heterocycles. The maximum Gasteiger partial charge on any atom is 0.326 e. The number of nitro benzene ring substituents is 1. The fourth-order valence-electron chi connectivity index (χ4n) is 2.37. The Morgan fingerprint density at radius 3 is 2.52 bits per heavy atom. The Labute approximate surface area is 161 Å². The minimum atomic E-state index is -4.43. The van der Waals surface area contributed by atoms with E-state index < -0.39 is 38.0 Å². The zero-order valence-electron chi connectivity index (χ0n) is 14.6. The van der Waals surface area contributed by atoms with E-state index in [0.717, 1.165) is 16.4 Å². The van der Waals surface area contributed by atoms with E-state index in [4.69, 9.17) is 16.3 Å². The molecule has 2 aromatic carbocycles. The SMILES string of the molecule is CCOC(=O)CN(c1ccc(Cl)c(C)c1)S(=O)(=O)c1ccccc1[N+](=O)[O-]. The summed E-state index contributed by atoms with van der Waals surface area (Å²) in [6.07, 6.45) is 0. The Hall–Kier alpha value is -2.65. The number of halogens is 1. The van der Waals surface area contributed by atoms with Crippen molar-refractivity contribution in [3.63, 3.8) is 0 Å². The van der Waals surface area contributed by atoms with Gasteiger partial charge < -0.3 is 4.74 Å². The smallest absolute Gasteiger partial charge is 0.326 e. The normalized spacial score (nSPS) is 11.1. The van der Waals surface area contributed by atoms with E-state index in [9.17, 15) is 23.3 Å². The number of rotatable bonds is 7. The molecule has 8 nitrogen and oxygen atoms in total. The summed E-state index contributed by atoms with van der Waals surface area (Å²) >= 11 is 5.99. The van der Waals surface area contributed by atoms with Crippen molar-refractivity contribution in [3.8, 4) is 0 Å². The van der Waals surface area contributed by atoms with E-state index in [1.807, 2.05) is 0 Å². The van der Waals surface area contributed by atoms with Crippen molar-refractivity contribution in [3.05, 3.63) is 63.2 Å². The quantitative estimate of drug-likeness (QED) is 0.392. The largest absolute Gasteiger partial charge is 0.465 e. The van der Waals surface area contributed by atoms with E-state index in [1.165, 1.54) is 30.3 Å². The van der Waals surface area contributed by atoms with Gasteiger partial charge in [0, 0.05) is 11.1 Å². The number of nitrogens with zero attached hydrogens (tertiary/aromatic N) is 2. The highest BCUT2D eigenvalue weighted by Crippen LogP contribution is 2.31. The Kier molecular flexibility index (Phi) is 6.40. The summed E-state index contributed by atoms with van der Waals surface area (Å²) < 4.78 is 32.0. The molecule has 0 spiro atoms. The molecule has 2 aromatic rings. The number of sulfonamides is 1. The lowest BCUT2D eigenvalue weighted by molar-refractivity contribution is -0.387. The molecule has 0 aliphatic carbocycles. The summed E-state index contributed by atoms with van der Waals surface area (Å²) in [4.78, 5) is 21.9. The van der Waals surface area contributed by atoms with Gasteiger partial charge in [-0.25, -0.2) is 8.42 Å². The van der Waals surface area contributed by atoms with Crippen LogP contribution in [0, 0.1) is 17.0 Å². The molecule has 0 aliphatic rings. The summed E-state index contributed by atoms with van der Waals surface area (Å²) in [5.74, 6) is -0.785. The lowest BCUT2D eigenvalue weighted by atomic mass is 10.2. The summed E-state index contributed by atoms with van der Waals surface area (Å²) in [6, 6.07) is 9.32. The molecule has 2 rings (SSSR count). The van der Waals surface area contributed by atoms with Gasteiger partial charge in [0.1, 0.15) is 6.54 Å². The molecule has 0 saturated carbocycles. The molecular weight excluding hydrogens is 396 g/mol. The first-order chi connectivity index (χ1) is 12.7. The zero-order chi connectivity index (χ0) is 20.2. The second-order valence-electron chi connectivity index (χ2n) is 5.48. The molecule has 0 amide bonds. The number of hydrogen-bond donors (Lipinski definition) is 0. The Morgan fingerprint density at radius 1 is 1.26 bits per heavy atom. The number of carbonyl (C=O) groups excluding carboxylic acids is 1. The molecule has 0 bridgehead atoms. The van der Waals surface area contributed by atoms with Crippen molar-refractivity contribution in [2.45, 2.75) is 18.7 Å². The van der Waals surface area contributed by atoms with E-state index in [-0.39, 0.29) is 12.3 Å². The Morgan fingerprint density at radius 2 is 1.93 bits per heavy atom. The fourth-order valence-corrected chi connectivity index (χ4v) is 4.05. The van der Waals surface area contributed by atoms with Crippen molar-refractivity contribution in [2.75, 3.05) is 17.5 Å². The van der Waals surface area contributed by atoms with Gasteiger partial charge in [-0.2, -0.15) is 0 Å². The van der Waals surface area contributed by atoms with Gasteiger partial charge in [0.05, 0.1) is 17.2 Å². The molecule has 144 valence electrons. The lowest BCUT2D eigenvalue weighted by Gasteiger charge is -2.24. The number of hydrogen-bond acceptors (Lipinski definition) is 6. The third-order valence-electron chi connectivity index (χ3n) is 3.64. The van der Waals surface area contributed by atoms with Crippen molar-refractivity contribution >= 4 is 39.0 Å². The predicted molar refractivity (Wildman–Crippen MR) is 100 cm³/mol. The zero-order valence-corrected chi connectivity index (χ0v) is 16.2. The molecule has 0 radical (unpaired) electrons. The standard InChI is InChI=1S/C17H17ClN2O6S/c1-3-26-17(21)11-19(13-8-9-14(18)12(2)10-13)27(24,25)16-7-5-4-6-15(16)20(22)23/h4-10H,3,11H2,1-2H3. The van der Waals surface area contributed by atoms with E-state index in [1.54, 1.807) is 13.8 Å². The monoisotopic (exact) mass is 412 g/mol. The maximum atomic E-state index is 13.2. The van der Waals surface area contributed by atoms with Crippen LogP contribution in [0.3, 0.4) is 0 Å². The minimum Gasteiger partial charge on any atom is -0.465 e. The molecule has 0 aromatic heterocycles. The first-order valence-electron chi connectivity index (χ1n) is 7.86. The molecule has 0 saturated heterocycles. The van der Waals surface area contributed by atoms with Crippen LogP contribution in [0.1, 0.15) is 12.5 Å². The van der Waals surface area contributed by atoms with Crippen LogP contribution >= 0.6 is 11.6 Å². The minimum absolute atomic E-state index is 0.0673. The average Bonchev–Trinajstić information content (AvgIpc) is 2.62. The number of nitro groups is 1. The van der Waals surface area contributed by atoms with Crippen LogP contribution in [0.4, 0.5) is 11.4 Å². The lowest BCUT2D eigenvalue weighted by Crippen LogP contribution is -2.37. The average molecular weight is 413 g/mol. The van der Waals surface area contributed by atoms with Crippen molar-refractivity contribution in [1.29, 1.82) is 0 Å². The van der Waals surface area contributed by atoms with Crippen LogP contribution in [-0.4, -0.2) is 32.5 Å². The van der Waals surface area contributed by atoms with Gasteiger partial charge in [0.25, 0.3) is 15.7 Å². The van der Waals surface area contributed by atoms with Gasteiger partial charge in [0.2, 0.25) is 0 Å². The van der Waals surface area contributed by atoms with E-state index >= 15 is 0 Å². The first-order valence-corrected chi connectivity index (χ1v) is 9.68. The Balaban J connectivity index is 2.63. The van der Waals surface area contributed by atoms with E-state index in [0.29, 0.717) is 10.6 Å². The molecule has 0 N–H and O–H groups in total. The van der Waals surface area contributed by atoms with Crippen molar-refractivity contribution in [2.24, 2.45) is 0 Å². The number of carbonyl (C=O) groups is 1. The van der Waals surface area contributed by atoms with Crippen molar-refractivity contribution < 1.29 is 22.9 Å². The molecule has 0 fully saturated rings. The van der Waals surface area contributed by atoms with Crippen LogP contribution < -0.4 is 4.31 Å². The third-order valence-corrected chi connectivity index (χ3v) is 5.88. The number of benzene rings is 2. The van der Waals surface area contributed by atoms with Crippen LogP contribution in [-0.2, 0) is 19.6 Å². The summed E-state index contributed by atoms with van der Waals surface area (Å²) in [5, 5.41) is 11.7. The number of para-hydroxylation sites is 1. The van der Waals surface area contributed by atoms with Gasteiger partial charge in [-0.15, -0.1) is 0 Å². The second-order valence-corrected chi connectivity index (χ2v) is 7.71. The van der Waals surface area contributed by atoms with Crippen LogP contribution in [0.5, 0.6) is 0 Å². The highest BCUT2D eigenvalue weighted by atomic mass is 35.5. The number of esters is 1. The second kappa shape index (κ2) is 8.36. The topological polar surface area (TPSA) is 107 Å². The predicted octanol–water partition coefficient (Wildman–Crippen LogP) is 3.32. The van der Waals surface area contributed by atoms with Gasteiger partial charge >= 0.3 is 5.97 Å². The maximum absolute atomic E-state index is 13.2. The van der Waals surface area contributed by atoms with Gasteiger partial charge in [-0.3, -0.25) is 19.2 Å². The molecular formula is C17H17ClN2O6S. The van der Waals surface area contributed by atoms with E-state index in [2.05, 4.69) is 0 Å². The van der Waals surface area contributed by atoms with Gasteiger partial charge in [-0.05, 0) is 43.7 Å². The van der Waals surface area contributed by atoms with Gasteiger partial charge in [-0.1, -0.05) is 23.7 Å². The third kappa shape index (κ3) is 4.55. The summed E-state index contributed by atoms with van der Waals surface area (Å²) in [6.45, 7) is 2.69. The highest BCUT2D eigenvalue weighted by Gasteiger charge is 2.33. The number of ether oxygens (including phenoxy) is 1. The summed E-state index contributed by atoms with van der Waals surface area (Å²) in [7, 11) is -4.43. The molecule has 0 unspecified atom stereocenters. The fraction of sp³-hybridized carbons (Fsp3) is 0.235.